The number of hydrogen-bond acceptors (Lipinski definition) is 3. The van der Waals surface area contributed by atoms with E-state index in [4.69, 9.17) is 0 Å². The molecule has 0 N–H and O–H groups in total. The van der Waals surface area contributed by atoms with E-state index in [0.29, 0.717) is 25.2 Å². The summed E-state index contributed by atoms with van der Waals surface area (Å²) in [6.07, 6.45) is 1.50. The Morgan fingerprint density at radius 1 is 1.29 bits per heavy atom. The number of nitrogens with zero attached hydrogens (tertiary/aromatic N) is 2. The largest absolute Gasteiger partial charge is 0.339 e. The summed E-state index contributed by atoms with van der Waals surface area (Å²) in [4.78, 5) is 23.3. The number of likely N-dealkylation sites (tertiary alicyclic amines) is 1. The van der Waals surface area contributed by atoms with Crippen molar-refractivity contribution in [1.29, 1.82) is 0 Å². The van der Waals surface area contributed by atoms with Gasteiger partial charge in [-0.2, -0.15) is 4.39 Å². The van der Waals surface area contributed by atoms with E-state index >= 15 is 0 Å². The minimum atomic E-state index is -1.28. The predicted octanol–water partition coefficient (Wildman–Crippen LogP) is 3.14. The van der Waals surface area contributed by atoms with Gasteiger partial charge in [0.1, 0.15) is 5.82 Å². The topological polar surface area (TPSA) is 63.5 Å². The molecule has 0 bridgehead atoms. The molecule has 7 heteroatoms. The summed E-state index contributed by atoms with van der Waals surface area (Å²) in [5, 5.41) is 10.7. The van der Waals surface area contributed by atoms with Crippen molar-refractivity contribution in [3.8, 4) is 0 Å². The number of piperidine rings is 1. The molecule has 0 saturated carbocycles. The summed E-state index contributed by atoms with van der Waals surface area (Å²) in [5.74, 6) is -2.98. The molecule has 1 aliphatic rings. The molecule has 1 fully saturated rings. The molecule has 1 heterocycles. The maximum absolute atomic E-state index is 14.0. The number of benzene rings is 1. The van der Waals surface area contributed by atoms with E-state index < -0.39 is 33.7 Å². The molecule has 0 aromatic heterocycles. The van der Waals surface area contributed by atoms with Gasteiger partial charge in [0.2, 0.25) is 5.82 Å². The quantitative estimate of drug-likeness (QED) is 0.622. The zero-order chi connectivity index (χ0) is 15.8. The maximum atomic E-state index is 14.0. The fourth-order valence-corrected chi connectivity index (χ4v) is 2.35. The average Bonchev–Trinajstić information content (AvgIpc) is 2.40. The smallest absolute Gasteiger partial charge is 0.308 e. The first-order valence-corrected chi connectivity index (χ1v) is 6.64. The lowest BCUT2D eigenvalue weighted by molar-refractivity contribution is -0.387. The first-order chi connectivity index (χ1) is 9.71. The highest BCUT2D eigenvalue weighted by Crippen LogP contribution is 2.31. The SMILES string of the molecule is CC1(C)CCN(C(=O)c2cc(F)cc([N+](=O)[O-])c2F)CC1. The Hall–Kier alpha value is -2.05. The van der Waals surface area contributed by atoms with Crippen molar-refractivity contribution in [1.82, 2.24) is 4.90 Å². The second-order valence-corrected chi connectivity index (χ2v) is 6.00. The fourth-order valence-electron chi connectivity index (χ4n) is 2.35. The Morgan fingerprint density at radius 2 is 1.86 bits per heavy atom. The van der Waals surface area contributed by atoms with E-state index in [1.54, 1.807) is 0 Å². The Morgan fingerprint density at radius 3 is 2.38 bits per heavy atom. The number of hydrogen-bond donors (Lipinski definition) is 0. The maximum Gasteiger partial charge on any atom is 0.308 e. The molecular weight excluding hydrogens is 282 g/mol. The first kappa shape index (κ1) is 15.3. The molecule has 0 atom stereocenters. The number of nitro groups is 1. The van der Waals surface area contributed by atoms with Gasteiger partial charge in [0.25, 0.3) is 5.91 Å². The van der Waals surface area contributed by atoms with Crippen LogP contribution in [0.15, 0.2) is 12.1 Å². The normalized spacial score (nSPS) is 17.6. The van der Waals surface area contributed by atoms with E-state index in [9.17, 15) is 23.7 Å². The summed E-state index contributed by atoms with van der Waals surface area (Å²) in [7, 11) is 0. The van der Waals surface area contributed by atoms with Crippen molar-refractivity contribution in [3.63, 3.8) is 0 Å². The summed E-state index contributed by atoms with van der Waals surface area (Å²) in [5.41, 5.74) is -1.50. The van der Waals surface area contributed by atoms with Gasteiger partial charge in [-0.25, -0.2) is 4.39 Å². The molecule has 0 unspecified atom stereocenters. The van der Waals surface area contributed by atoms with Crippen molar-refractivity contribution < 1.29 is 18.5 Å². The molecule has 0 radical (unpaired) electrons. The third-order valence-electron chi connectivity index (χ3n) is 3.85. The summed E-state index contributed by atoms with van der Waals surface area (Å²) >= 11 is 0. The second-order valence-electron chi connectivity index (χ2n) is 6.00. The van der Waals surface area contributed by atoms with Crippen LogP contribution in [0.2, 0.25) is 0 Å². The van der Waals surface area contributed by atoms with Gasteiger partial charge in [-0.05, 0) is 24.3 Å². The highest BCUT2D eigenvalue weighted by atomic mass is 19.1. The third-order valence-corrected chi connectivity index (χ3v) is 3.85. The van der Waals surface area contributed by atoms with Crippen LogP contribution < -0.4 is 0 Å². The minimum absolute atomic E-state index is 0.100. The average molecular weight is 298 g/mol. The highest BCUT2D eigenvalue weighted by molar-refractivity contribution is 5.95. The minimum Gasteiger partial charge on any atom is -0.339 e. The van der Waals surface area contributed by atoms with Crippen LogP contribution >= 0.6 is 0 Å². The number of amides is 1. The van der Waals surface area contributed by atoms with E-state index in [-0.39, 0.29) is 5.41 Å². The Balaban J connectivity index is 2.30. The van der Waals surface area contributed by atoms with Crippen LogP contribution in [0, 0.1) is 27.2 Å². The Kier molecular flexibility index (Phi) is 3.93. The van der Waals surface area contributed by atoms with Gasteiger partial charge in [-0.15, -0.1) is 0 Å². The molecule has 2 rings (SSSR count). The first-order valence-electron chi connectivity index (χ1n) is 6.64. The predicted molar refractivity (Wildman–Crippen MR) is 71.9 cm³/mol. The summed E-state index contributed by atoms with van der Waals surface area (Å²) < 4.78 is 27.4. The van der Waals surface area contributed by atoms with Crippen LogP contribution in [0.5, 0.6) is 0 Å². The Bertz CT molecular complexity index is 592. The third kappa shape index (κ3) is 3.17. The standard InChI is InChI=1S/C14H16F2N2O3/c1-14(2)3-5-17(6-4-14)13(19)10-7-9(15)8-11(12(10)16)18(20)21/h7-8H,3-6H2,1-2H3. The van der Waals surface area contributed by atoms with Crippen LogP contribution in [-0.2, 0) is 0 Å². The van der Waals surface area contributed by atoms with E-state index in [0.717, 1.165) is 12.8 Å². The zero-order valence-electron chi connectivity index (χ0n) is 11.9. The number of carbonyl (C=O) groups is 1. The van der Waals surface area contributed by atoms with Gasteiger partial charge in [-0.1, -0.05) is 13.8 Å². The molecule has 21 heavy (non-hydrogen) atoms. The van der Waals surface area contributed by atoms with Gasteiger partial charge in [0, 0.05) is 13.1 Å². The van der Waals surface area contributed by atoms with Crippen molar-refractivity contribution in [3.05, 3.63) is 39.4 Å². The number of rotatable bonds is 2. The molecule has 1 aromatic rings. The zero-order valence-corrected chi connectivity index (χ0v) is 11.9. The van der Waals surface area contributed by atoms with Crippen LogP contribution in [0.25, 0.3) is 0 Å². The van der Waals surface area contributed by atoms with Crippen molar-refractivity contribution in [2.75, 3.05) is 13.1 Å². The fraction of sp³-hybridized carbons (Fsp3) is 0.500. The molecule has 114 valence electrons. The van der Waals surface area contributed by atoms with E-state index in [1.165, 1.54) is 4.90 Å². The second kappa shape index (κ2) is 5.38. The van der Waals surface area contributed by atoms with Crippen molar-refractivity contribution in [2.45, 2.75) is 26.7 Å². The van der Waals surface area contributed by atoms with Gasteiger partial charge in [0.15, 0.2) is 0 Å². The molecular formula is C14H16F2N2O3. The summed E-state index contributed by atoms with van der Waals surface area (Å²) in [6, 6.07) is 1.19. The van der Waals surface area contributed by atoms with Crippen LogP contribution in [0.1, 0.15) is 37.0 Å². The van der Waals surface area contributed by atoms with E-state index in [2.05, 4.69) is 13.8 Å². The van der Waals surface area contributed by atoms with E-state index in [1.807, 2.05) is 0 Å². The molecule has 0 spiro atoms. The van der Waals surface area contributed by atoms with Gasteiger partial charge in [0.05, 0.1) is 16.6 Å². The molecule has 0 aliphatic carbocycles. The van der Waals surface area contributed by atoms with Gasteiger partial charge in [-0.3, -0.25) is 14.9 Å². The Labute approximate surface area is 120 Å². The number of nitro benzene ring substituents is 1. The highest BCUT2D eigenvalue weighted by Gasteiger charge is 2.31. The molecule has 1 aromatic carbocycles. The molecule has 1 amide bonds. The molecule has 1 saturated heterocycles. The lowest BCUT2D eigenvalue weighted by atomic mass is 9.82. The lowest BCUT2D eigenvalue weighted by Gasteiger charge is -2.36. The molecule has 1 aliphatic heterocycles. The van der Waals surface area contributed by atoms with Gasteiger partial charge < -0.3 is 4.90 Å². The monoisotopic (exact) mass is 298 g/mol. The van der Waals surface area contributed by atoms with Crippen LogP contribution in [0.4, 0.5) is 14.5 Å². The van der Waals surface area contributed by atoms with Crippen molar-refractivity contribution >= 4 is 11.6 Å². The summed E-state index contributed by atoms with van der Waals surface area (Å²) in [6.45, 7) is 5.00. The number of halogens is 2. The van der Waals surface area contributed by atoms with Crippen molar-refractivity contribution in [2.24, 2.45) is 5.41 Å². The molecule has 5 nitrogen and oxygen atoms in total. The van der Waals surface area contributed by atoms with Crippen LogP contribution in [0.3, 0.4) is 0 Å². The van der Waals surface area contributed by atoms with Gasteiger partial charge >= 0.3 is 5.69 Å². The number of carbonyl (C=O) groups excluding carboxylic acids is 1. The lowest BCUT2D eigenvalue weighted by Crippen LogP contribution is -2.41. The van der Waals surface area contributed by atoms with Crippen LogP contribution in [-0.4, -0.2) is 28.8 Å².